The topological polar surface area (TPSA) is 15.3 Å². The van der Waals surface area contributed by atoms with Crippen molar-refractivity contribution in [2.75, 3.05) is 19.6 Å². The van der Waals surface area contributed by atoms with Crippen molar-refractivity contribution in [3.63, 3.8) is 0 Å². The van der Waals surface area contributed by atoms with Crippen LogP contribution in [0.2, 0.25) is 0 Å². The van der Waals surface area contributed by atoms with Gasteiger partial charge in [-0.3, -0.25) is 4.90 Å². The second-order valence-electron chi connectivity index (χ2n) is 6.87. The SMILES string of the molecule is CCCC(c1ccccc1)N1CCNCC12CCCCC2. The first-order chi connectivity index (χ1) is 10.4. The van der Waals surface area contributed by atoms with Crippen LogP contribution in [0.25, 0.3) is 0 Å². The van der Waals surface area contributed by atoms with Gasteiger partial charge < -0.3 is 5.32 Å². The van der Waals surface area contributed by atoms with Gasteiger partial charge in [-0.2, -0.15) is 0 Å². The number of piperazine rings is 1. The van der Waals surface area contributed by atoms with E-state index in [1.165, 1.54) is 63.6 Å². The van der Waals surface area contributed by atoms with E-state index in [4.69, 9.17) is 0 Å². The van der Waals surface area contributed by atoms with E-state index < -0.39 is 0 Å². The summed E-state index contributed by atoms with van der Waals surface area (Å²) >= 11 is 0. The molecule has 116 valence electrons. The lowest BCUT2D eigenvalue weighted by Gasteiger charge is -2.53. The number of nitrogens with one attached hydrogen (secondary N) is 1. The van der Waals surface area contributed by atoms with Gasteiger partial charge in [-0.15, -0.1) is 0 Å². The van der Waals surface area contributed by atoms with Crippen molar-refractivity contribution in [3.05, 3.63) is 35.9 Å². The Kier molecular flexibility index (Phi) is 4.97. The standard InChI is InChI=1S/C19H30N2/c1-2-9-18(17-10-5-3-6-11-17)21-15-14-20-16-19(21)12-7-4-8-13-19/h3,5-6,10-11,18,20H,2,4,7-9,12-16H2,1H3. The summed E-state index contributed by atoms with van der Waals surface area (Å²) in [6, 6.07) is 11.8. The predicted molar refractivity (Wildman–Crippen MR) is 89.5 cm³/mol. The number of benzene rings is 1. The van der Waals surface area contributed by atoms with Crippen LogP contribution in [0.1, 0.15) is 63.5 Å². The van der Waals surface area contributed by atoms with Crippen LogP contribution < -0.4 is 5.32 Å². The van der Waals surface area contributed by atoms with Gasteiger partial charge in [-0.25, -0.2) is 0 Å². The van der Waals surface area contributed by atoms with E-state index in [9.17, 15) is 0 Å². The molecule has 2 nitrogen and oxygen atoms in total. The van der Waals surface area contributed by atoms with Crippen molar-refractivity contribution in [2.24, 2.45) is 0 Å². The second-order valence-corrected chi connectivity index (χ2v) is 6.87. The van der Waals surface area contributed by atoms with E-state index in [0.717, 1.165) is 6.54 Å². The van der Waals surface area contributed by atoms with Gasteiger partial charge in [0.15, 0.2) is 0 Å². The Morgan fingerprint density at radius 3 is 2.62 bits per heavy atom. The van der Waals surface area contributed by atoms with E-state index in [0.29, 0.717) is 11.6 Å². The zero-order valence-corrected chi connectivity index (χ0v) is 13.5. The Bertz CT molecular complexity index is 414. The molecule has 0 radical (unpaired) electrons. The predicted octanol–water partition coefficient (Wildman–Crippen LogP) is 4.14. The van der Waals surface area contributed by atoms with Gasteiger partial charge in [-0.05, 0) is 24.8 Å². The maximum Gasteiger partial charge on any atom is 0.0354 e. The minimum atomic E-state index is 0.423. The summed E-state index contributed by atoms with van der Waals surface area (Å²) in [5.41, 5.74) is 1.94. The fourth-order valence-electron chi connectivity index (χ4n) is 4.47. The van der Waals surface area contributed by atoms with Crippen molar-refractivity contribution in [2.45, 2.75) is 63.5 Å². The highest BCUT2D eigenvalue weighted by atomic mass is 15.3. The highest BCUT2D eigenvalue weighted by Gasteiger charge is 2.42. The molecule has 1 aliphatic heterocycles. The minimum Gasteiger partial charge on any atom is -0.314 e. The van der Waals surface area contributed by atoms with E-state index in [2.05, 4.69) is 47.5 Å². The molecule has 2 aliphatic rings. The normalized spacial score (nSPS) is 24.0. The minimum absolute atomic E-state index is 0.423. The zero-order chi connectivity index (χ0) is 14.5. The molecular weight excluding hydrogens is 256 g/mol. The van der Waals surface area contributed by atoms with E-state index in [1.807, 2.05) is 0 Å². The summed E-state index contributed by atoms with van der Waals surface area (Å²) in [7, 11) is 0. The monoisotopic (exact) mass is 286 g/mol. The largest absolute Gasteiger partial charge is 0.314 e. The smallest absolute Gasteiger partial charge is 0.0354 e. The van der Waals surface area contributed by atoms with Gasteiger partial charge in [0.1, 0.15) is 0 Å². The fourth-order valence-corrected chi connectivity index (χ4v) is 4.47. The molecule has 1 heterocycles. The quantitative estimate of drug-likeness (QED) is 0.895. The van der Waals surface area contributed by atoms with Crippen LogP contribution in [0.15, 0.2) is 30.3 Å². The van der Waals surface area contributed by atoms with Gasteiger partial charge in [0, 0.05) is 31.2 Å². The van der Waals surface area contributed by atoms with Crippen LogP contribution in [0.5, 0.6) is 0 Å². The first-order valence-electron chi connectivity index (χ1n) is 8.88. The lowest BCUT2D eigenvalue weighted by atomic mass is 9.77. The van der Waals surface area contributed by atoms with Crippen molar-refractivity contribution >= 4 is 0 Å². The molecule has 0 aromatic heterocycles. The van der Waals surface area contributed by atoms with Crippen molar-refractivity contribution in [1.29, 1.82) is 0 Å². The second kappa shape index (κ2) is 6.93. The average molecular weight is 286 g/mol. The molecule has 3 rings (SSSR count). The summed E-state index contributed by atoms with van der Waals surface area (Å²) in [5.74, 6) is 0. The Morgan fingerprint density at radius 2 is 1.90 bits per heavy atom. The molecule has 1 aromatic carbocycles. The van der Waals surface area contributed by atoms with Gasteiger partial charge in [-0.1, -0.05) is 62.9 Å². The molecule has 1 saturated carbocycles. The molecule has 21 heavy (non-hydrogen) atoms. The Hall–Kier alpha value is -0.860. The van der Waals surface area contributed by atoms with Crippen LogP contribution >= 0.6 is 0 Å². The summed E-state index contributed by atoms with van der Waals surface area (Å²) in [6.07, 6.45) is 9.56. The maximum absolute atomic E-state index is 3.68. The number of hydrogen-bond donors (Lipinski definition) is 1. The van der Waals surface area contributed by atoms with Crippen molar-refractivity contribution in [1.82, 2.24) is 10.2 Å². The molecule has 2 heteroatoms. The first-order valence-corrected chi connectivity index (χ1v) is 8.88. The molecule has 2 fully saturated rings. The van der Waals surface area contributed by atoms with E-state index in [1.54, 1.807) is 0 Å². The molecule has 1 aromatic rings. The number of hydrogen-bond acceptors (Lipinski definition) is 2. The first kappa shape index (κ1) is 15.1. The molecule has 1 N–H and O–H groups in total. The van der Waals surface area contributed by atoms with Crippen molar-refractivity contribution < 1.29 is 0 Å². The van der Waals surface area contributed by atoms with Gasteiger partial charge in [0.2, 0.25) is 0 Å². The summed E-state index contributed by atoms with van der Waals surface area (Å²) in [6.45, 7) is 5.88. The molecule has 0 amide bonds. The van der Waals surface area contributed by atoms with Crippen LogP contribution in [-0.2, 0) is 0 Å². The molecule has 1 aliphatic carbocycles. The van der Waals surface area contributed by atoms with E-state index in [-0.39, 0.29) is 0 Å². The van der Waals surface area contributed by atoms with Crippen LogP contribution in [0, 0.1) is 0 Å². The summed E-state index contributed by atoms with van der Waals surface area (Å²) < 4.78 is 0. The van der Waals surface area contributed by atoms with Gasteiger partial charge in [0.25, 0.3) is 0 Å². The van der Waals surface area contributed by atoms with Crippen LogP contribution in [0.4, 0.5) is 0 Å². The maximum atomic E-state index is 3.68. The van der Waals surface area contributed by atoms with Gasteiger partial charge >= 0.3 is 0 Å². The lowest BCUT2D eigenvalue weighted by Crippen LogP contribution is -2.62. The fraction of sp³-hybridized carbons (Fsp3) is 0.684. The van der Waals surface area contributed by atoms with E-state index >= 15 is 0 Å². The van der Waals surface area contributed by atoms with Gasteiger partial charge in [0.05, 0.1) is 0 Å². The third-order valence-corrected chi connectivity index (χ3v) is 5.50. The molecule has 1 spiro atoms. The summed E-state index contributed by atoms with van der Waals surface area (Å²) in [4.78, 5) is 2.88. The highest BCUT2D eigenvalue weighted by Crippen LogP contribution is 2.41. The van der Waals surface area contributed by atoms with Crippen molar-refractivity contribution in [3.8, 4) is 0 Å². The highest BCUT2D eigenvalue weighted by molar-refractivity contribution is 5.20. The molecular formula is C19H30N2. The Morgan fingerprint density at radius 1 is 1.14 bits per heavy atom. The molecule has 1 saturated heterocycles. The average Bonchev–Trinajstić information content (AvgIpc) is 2.55. The molecule has 0 bridgehead atoms. The third-order valence-electron chi connectivity index (χ3n) is 5.50. The molecule has 1 atom stereocenters. The Balaban J connectivity index is 1.88. The number of rotatable bonds is 4. The molecule has 1 unspecified atom stereocenters. The summed E-state index contributed by atoms with van der Waals surface area (Å²) in [5, 5.41) is 3.68. The van der Waals surface area contributed by atoms with Crippen LogP contribution in [0.3, 0.4) is 0 Å². The number of nitrogens with zero attached hydrogens (tertiary/aromatic N) is 1. The third kappa shape index (κ3) is 3.17. The zero-order valence-electron chi connectivity index (χ0n) is 13.5. The Labute approximate surface area is 129 Å². The lowest BCUT2D eigenvalue weighted by molar-refractivity contribution is -0.0114. The van der Waals surface area contributed by atoms with Crippen LogP contribution in [-0.4, -0.2) is 30.1 Å².